The zero-order chi connectivity index (χ0) is 12.4. The van der Waals surface area contributed by atoms with Gasteiger partial charge in [-0.1, -0.05) is 0 Å². The fourth-order valence-corrected chi connectivity index (χ4v) is 1.37. The van der Waals surface area contributed by atoms with Gasteiger partial charge in [-0.15, -0.1) is 0 Å². The first-order chi connectivity index (χ1) is 8.08. The number of amides is 1. The topological polar surface area (TPSA) is 110 Å². The number of aromatic amines is 1. The summed E-state index contributed by atoms with van der Waals surface area (Å²) in [4.78, 5) is 19.5. The van der Waals surface area contributed by atoms with E-state index in [-0.39, 0.29) is 17.4 Å². The summed E-state index contributed by atoms with van der Waals surface area (Å²) in [5, 5.41) is 9.48. The maximum atomic E-state index is 11.8. The Balaban J connectivity index is 2.20. The van der Waals surface area contributed by atoms with E-state index in [4.69, 9.17) is 5.73 Å². The first kappa shape index (κ1) is 11.1. The molecule has 0 saturated carbocycles. The number of carbonyl (C=O) groups excluding carboxylic acids is 1. The van der Waals surface area contributed by atoms with Gasteiger partial charge < -0.3 is 11.1 Å². The average molecular weight is 232 g/mol. The van der Waals surface area contributed by atoms with Crippen molar-refractivity contribution >= 4 is 17.4 Å². The van der Waals surface area contributed by atoms with Crippen LogP contribution in [0.15, 0.2) is 12.4 Å². The Hall–Kier alpha value is -2.44. The van der Waals surface area contributed by atoms with E-state index in [2.05, 4.69) is 25.5 Å². The number of nitrogen functional groups attached to an aromatic ring is 1. The Morgan fingerprint density at radius 3 is 2.65 bits per heavy atom. The molecule has 0 spiro atoms. The summed E-state index contributed by atoms with van der Waals surface area (Å²) in [5.74, 6) is -0.0673. The molecule has 7 heteroatoms. The Morgan fingerprint density at radius 1 is 1.35 bits per heavy atom. The maximum Gasteiger partial charge on any atom is 0.275 e. The van der Waals surface area contributed by atoms with Crippen LogP contribution in [-0.2, 0) is 0 Å². The van der Waals surface area contributed by atoms with E-state index >= 15 is 0 Å². The van der Waals surface area contributed by atoms with Gasteiger partial charge in [0.1, 0.15) is 11.5 Å². The Morgan fingerprint density at radius 2 is 2.12 bits per heavy atom. The summed E-state index contributed by atoms with van der Waals surface area (Å²) < 4.78 is 0. The van der Waals surface area contributed by atoms with Crippen LogP contribution >= 0.6 is 0 Å². The third-order valence-electron chi connectivity index (χ3n) is 2.27. The molecule has 7 nitrogen and oxygen atoms in total. The van der Waals surface area contributed by atoms with Gasteiger partial charge in [0.25, 0.3) is 5.91 Å². The molecule has 0 fully saturated rings. The molecule has 2 aromatic rings. The first-order valence-corrected chi connectivity index (χ1v) is 4.98. The van der Waals surface area contributed by atoms with Gasteiger partial charge in [-0.25, -0.2) is 9.97 Å². The monoisotopic (exact) mass is 232 g/mol. The molecular weight excluding hydrogens is 220 g/mol. The SMILES string of the molecule is Cc1n[nH]c(C)c1NC(=O)c1cnc(N)cn1. The number of aromatic nitrogens is 4. The summed E-state index contributed by atoms with van der Waals surface area (Å²) in [5.41, 5.74) is 7.77. The van der Waals surface area contributed by atoms with Crippen molar-refractivity contribution in [1.29, 1.82) is 0 Å². The number of nitrogens with one attached hydrogen (secondary N) is 2. The van der Waals surface area contributed by atoms with Crippen LogP contribution in [0.4, 0.5) is 11.5 Å². The quantitative estimate of drug-likeness (QED) is 0.704. The Kier molecular flexibility index (Phi) is 2.73. The van der Waals surface area contributed by atoms with E-state index in [9.17, 15) is 4.79 Å². The second kappa shape index (κ2) is 4.20. The minimum atomic E-state index is -0.342. The smallest absolute Gasteiger partial charge is 0.275 e. The second-order valence-corrected chi connectivity index (χ2v) is 3.59. The van der Waals surface area contributed by atoms with E-state index in [0.717, 1.165) is 11.4 Å². The minimum Gasteiger partial charge on any atom is -0.382 e. The molecule has 0 aliphatic carbocycles. The van der Waals surface area contributed by atoms with Crippen LogP contribution in [0.3, 0.4) is 0 Å². The molecule has 0 radical (unpaired) electrons. The van der Waals surface area contributed by atoms with Crippen molar-refractivity contribution in [2.45, 2.75) is 13.8 Å². The molecular formula is C10H12N6O. The zero-order valence-corrected chi connectivity index (χ0v) is 9.48. The van der Waals surface area contributed by atoms with Crippen molar-refractivity contribution in [2.75, 3.05) is 11.1 Å². The lowest BCUT2D eigenvalue weighted by atomic mass is 10.3. The lowest BCUT2D eigenvalue weighted by molar-refractivity contribution is 0.102. The van der Waals surface area contributed by atoms with Gasteiger partial charge >= 0.3 is 0 Å². The molecule has 0 saturated heterocycles. The normalized spacial score (nSPS) is 10.2. The Labute approximate surface area is 97.5 Å². The maximum absolute atomic E-state index is 11.8. The molecule has 2 rings (SSSR count). The highest BCUT2D eigenvalue weighted by Gasteiger charge is 2.13. The largest absolute Gasteiger partial charge is 0.382 e. The molecule has 2 heterocycles. The predicted molar refractivity (Wildman–Crippen MR) is 62.5 cm³/mol. The van der Waals surface area contributed by atoms with Crippen LogP contribution in [0.25, 0.3) is 0 Å². The van der Waals surface area contributed by atoms with Crippen molar-refractivity contribution in [3.05, 3.63) is 29.5 Å². The number of nitrogens with zero attached hydrogens (tertiary/aromatic N) is 3. The van der Waals surface area contributed by atoms with Crippen molar-refractivity contribution in [2.24, 2.45) is 0 Å². The van der Waals surface area contributed by atoms with Gasteiger partial charge in [0.2, 0.25) is 0 Å². The molecule has 4 N–H and O–H groups in total. The number of hydrogen-bond donors (Lipinski definition) is 3. The van der Waals surface area contributed by atoms with Crippen LogP contribution in [0.1, 0.15) is 21.9 Å². The molecule has 0 aromatic carbocycles. The van der Waals surface area contributed by atoms with E-state index in [1.54, 1.807) is 6.92 Å². The predicted octanol–water partition coefficient (Wildman–Crippen LogP) is 0.651. The molecule has 0 bridgehead atoms. The fraction of sp³-hybridized carbons (Fsp3) is 0.200. The number of carbonyl (C=O) groups is 1. The van der Waals surface area contributed by atoms with Gasteiger partial charge in [0.15, 0.2) is 0 Å². The van der Waals surface area contributed by atoms with E-state index < -0.39 is 0 Å². The standard InChI is InChI=1S/C10H12N6O/c1-5-9(6(2)16-15-5)14-10(17)7-3-13-8(11)4-12-7/h3-4H,1-2H3,(H2,11,13)(H,14,17)(H,15,16). The van der Waals surface area contributed by atoms with Gasteiger partial charge in [0, 0.05) is 0 Å². The third kappa shape index (κ3) is 2.22. The Bertz CT molecular complexity index is 525. The lowest BCUT2D eigenvalue weighted by Gasteiger charge is -2.04. The average Bonchev–Trinajstić information content (AvgIpc) is 2.61. The number of rotatable bonds is 2. The summed E-state index contributed by atoms with van der Waals surface area (Å²) in [6.07, 6.45) is 2.67. The van der Waals surface area contributed by atoms with Crippen molar-refractivity contribution in [1.82, 2.24) is 20.2 Å². The van der Waals surface area contributed by atoms with Gasteiger partial charge in [-0.05, 0) is 13.8 Å². The van der Waals surface area contributed by atoms with Gasteiger partial charge in [0.05, 0.1) is 29.5 Å². The van der Waals surface area contributed by atoms with E-state index in [0.29, 0.717) is 5.69 Å². The molecule has 17 heavy (non-hydrogen) atoms. The van der Waals surface area contributed by atoms with Gasteiger partial charge in [-0.2, -0.15) is 5.10 Å². The van der Waals surface area contributed by atoms with Crippen LogP contribution in [-0.4, -0.2) is 26.1 Å². The van der Waals surface area contributed by atoms with Crippen molar-refractivity contribution in [3.63, 3.8) is 0 Å². The van der Waals surface area contributed by atoms with Crippen LogP contribution < -0.4 is 11.1 Å². The number of hydrogen-bond acceptors (Lipinski definition) is 5. The third-order valence-corrected chi connectivity index (χ3v) is 2.27. The minimum absolute atomic E-state index is 0.208. The number of H-pyrrole nitrogens is 1. The number of nitrogens with two attached hydrogens (primary N) is 1. The highest BCUT2D eigenvalue weighted by molar-refractivity contribution is 6.03. The summed E-state index contributed by atoms with van der Waals surface area (Å²) in [7, 11) is 0. The van der Waals surface area contributed by atoms with E-state index in [1.807, 2.05) is 6.92 Å². The molecule has 0 aliphatic rings. The van der Waals surface area contributed by atoms with Crippen molar-refractivity contribution < 1.29 is 4.79 Å². The molecule has 0 unspecified atom stereocenters. The highest BCUT2D eigenvalue weighted by atomic mass is 16.1. The first-order valence-electron chi connectivity index (χ1n) is 4.98. The zero-order valence-electron chi connectivity index (χ0n) is 9.48. The fourth-order valence-electron chi connectivity index (χ4n) is 1.37. The second-order valence-electron chi connectivity index (χ2n) is 3.59. The molecule has 88 valence electrons. The summed E-state index contributed by atoms with van der Waals surface area (Å²) in [6.45, 7) is 3.62. The highest BCUT2D eigenvalue weighted by Crippen LogP contribution is 2.16. The molecule has 0 atom stereocenters. The van der Waals surface area contributed by atoms with E-state index in [1.165, 1.54) is 12.4 Å². The van der Waals surface area contributed by atoms with Crippen LogP contribution in [0, 0.1) is 13.8 Å². The molecule has 2 aromatic heterocycles. The molecule has 0 aliphatic heterocycles. The van der Waals surface area contributed by atoms with Crippen LogP contribution in [0.2, 0.25) is 0 Å². The molecule has 1 amide bonds. The summed E-state index contributed by atoms with van der Waals surface area (Å²) in [6, 6.07) is 0. The van der Waals surface area contributed by atoms with Crippen molar-refractivity contribution in [3.8, 4) is 0 Å². The lowest BCUT2D eigenvalue weighted by Crippen LogP contribution is -2.15. The summed E-state index contributed by atoms with van der Waals surface area (Å²) >= 11 is 0. The number of anilines is 2. The number of aryl methyl sites for hydroxylation is 2. The van der Waals surface area contributed by atoms with Gasteiger partial charge in [-0.3, -0.25) is 9.89 Å². The van der Waals surface area contributed by atoms with Crippen LogP contribution in [0.5, 0.6) is 0 Å².